The molecule has 0 saturated carbocycles. The summed E-state index contributed by atoms with van der Waals surface area (Å²) < 4.78 is 10.5. The number of benzene rings is 2. The predicted octanol–water partition coefficient (Wildman–Crippen LogP) is 3.72. The van der Waals surface area contributed by atoms with E-state index in [-0.39, 0.29) is 11.4 Å². The minimum absolute atomic E-state index is 0.0103. The molecular formula is C20H20O4. The maximum absolute atomic E-state index is 11.7. The van der Waals surface area contributed by atoms with Gasteiger partial charge >= 0.3 is 5.97 Å². The average Bonchev–Trinajstić information content (AvgIpc) is 2.59. The molecule has 0 fully saturated rings. The van der Waals surface area contributed by atoms with Crippen molar-refractivity contribution in [3.05, 3.63) is 70.8 Å². The van der Waals surface area contributed by atoms with Gasteiger partial charge in [-0.05, 0) is 31.6 Å². The van der Waals surface area contributed by atoms with E-state index in [2.05, 4.69) is 4.74 Å². The first-order chi connectivity index (χ1) is 11.5. The quantitative estimate of drug-likeness (QED) is 0.352. The second-order valence-electron chi connectivity index (χ2n) is 5.42. The third kappa shape index (κ3) is 4.56. The smallest absolute Gasteiger partial charge is 0.341 e. The lowest BCUT2D eigenvalue weighted by molar-refractivity contribution is -0.137. The molecular weight excluding hydrogens is 304 g/mol. The van der Waals surface area contributed by atoms with E-state index in [1.807, 2.05) is 43.3 Å². The van der Waals surface area contributed by atoms with Gasteiger partial charge in [-0.25, -0.2) is 4.79 Å². The Morgan fingerprint density at radius 2 is 1.71 bits per heavy atom. The molecule has 0 radical (unpaired) electrons. The van der Waals surface area contributed by atoms with Crippen LogP contribution in [0.2, 0.25) is 0 Å². The van der Waals surface area contributed by atoms with Crippen molar-refractivity contribution in [3.63, 3.8) is 0 Å². The molecule has 0 bridgehead atoms. The number of ether oxygens (including phenoxy) is 2. The van der Waals surface area contributed by atoms with E-state index in [1.165, 1.54) is 25.7 Å². The Bertz CT molecular complexity index is 757. The van der Waals surface area contributed by atoms with E-state index in [0.29, 0.717) is 17.9 Å². The van der Waals surface area contributed by atoms with Crippen molar-refractivity contribution in [2.75, 3.05) is 7.11 Å². The number of ketones is 1. The molecule has 0 atom stereocenters. The standard InChI is InChI=1S/C20H20O4/c1-14-8-10-16(11-9-14)13-24-19-7-5-4-6-17(19)12-18(15(2)21)20(22)23-3/h4-12H,13H2,1-3H3. The summed E-state index contributed by atoms with van der Waals surface area (Å²) in [5, 5.41) is 0. The van der Waals surface area contributed by atoms with E-state index >= 15 is 0 Å². The molecule has 0 aliphatic heterocycles. The summed E-state index contributed by atoms with van der Waals surface area (Å²) in [6, 6.07) is 15.3. The van der Waals surface area contributed by atoms with Crippen LogP contribution in [0.4, 0.5) is 0 Å². The number of rotatable bonds is 6. The van der Waals surface area contributed by atoms with Crippen molar-refractivity contribution in [3.8, 4) is 5.75 Å². The zero-order chi connectivity index (χ0) is 17.5. The van der Waals surface area contributed by atoms with Gasteiger partial charge in [-0.1, -0.05) is 48.0 Å². The molecule has 0 amide bonds. The van der Waals surface area contributed by atoms with E-state index < -0.39 is 5.97 Å². The van der Waals surface area contributed by atoms with Gasteiger partial charge in [0.15, 0.2) is 5.78 Å². The molecule has 24 heavy (non-hydrogen) atoms. The molecule has 0 saturated heterocycles. The Kier molecular flexibility index (Phi) is 5.90. The Morgan fingerprint density at radius 3 is 2.33 bits per heavy atom. The van der Waals surface area contributed by atoms with E-state index in [9.17, 15) is 9.59 Å². The lowest BCUT2D eigenvalue weighted by Crippen LogP contribution is -2.11. The zero-order valence-electron chi connectivity index (χ0n) is 14.0. The number of aryl methyl sites for hydroxylation is 1. The van der Waals surface area contributed by atoms with Crippen molar-refractivity contribution in [1.82, 2.24) is 0 Å². The van der Waals surface area contributed by atoms with E-state index in [4.69, 9.17) is 4.74 Å². The van der Waals surface area contributed by atoms with Gasteiger partial charge in [0.25, 0.3) is 0 Å². The van der Waals surface area contributed by atoms with Crippen molar-refractivity contribution >= 4 is 17.8 Å². The van der Waals surface area contributed by atoms with Gasteiger partial charge in [0.2, 0.25) is 0 Å². The van der Waals surface area contributed by atoms with Gasteiger partial charge in [-0.15, -0.1) is 0 Å². The van der Waals surface area contributed by atoms with Crippen LogP contribution in [0.25, 0.3) is 6.08 Å². The number of carbonyl (C=O) groups excluding carboxylic acids is 2. The second kappa shape index (κ2) is 8.11. The summed E-state index contributed by atoms with van der Waals surface area (Å²) in [6.07, 6.45) is 1.50. The first kappa shape index (κ1) is 17.5. The van der Waals surface area contributed by atoms with Crippen LogP contribution in [0.5, 0.6) is 5.75 Å². The van der Waals surface area contributed by atoms with Crippen LogP contribution in [-0.4, -0.2) is 18.9 Å². The Labute approximate surface area is 141 Å². The predicted molar refractivity (Wildman–Crippen MR) is 92.6 cm³/mol. The van der Waals surface area contributed by atoms with Crippen LogP contribution in [0.15, 0.2) is 54.1 Å². The van der Waals surface area contributed by atoms with Crippen molar-refractivity contribution in [1.29, 1.82) is 0 Å². The largest absolute Gasteiger partial charge is 0.488 e. The van der Waals surface area contributed by atoms with Gasteiger partial charge in [0, 0.05) is 5.56 Å². The molecule has 124 valence electrons. The molecule has 2 aromatic rings. The topological polar surface area (TPSA) is 52.6 Å². The third-order valence-corrected chi connectivity index (χ3v) is 3.52. The van der Waals surface area contributed by atoms with Gasteiger partial charge in [0.05, 0.1) is 7.11 Å². The minimum atomic E-state index is -0.657. The molecule has 2 rings (SSSR count). The van der Waals surface area contributed by atoms with Crippen LogP contribution in [0, 0.1) is 6.92 Å². The van der Waals surface area contributed by atoms with Crippen LogP contribution in [0.3, 0.4) is 0 Å². The Morgan fingerprint density at radius 1 is 1.04 bits per heavy atom. The van der Waals surface area contributed by atoms with Crippen molar-refractivity contribution < 1.29 is 19.1 Å². The fraction of sp³-hybridized carbons (Fsp3) is 0.200. The first-order valence-electron chi connectivity index (χ1n) is 7.59. The Balaban J connectivity index is 2.24. The molecule has 0 spiro atoms. The highest BCUT2D eigenvalue weighted by molar-refractivity contribution is 6.19. The lowest BCUT2D eigenvalue weighted by Gasteiger charge is -2.10. The molecule has 0 aliphatic carbocycles. The van der Waals surface area contributed by atoms with Crippen LogP contribution >= 0.6 is 0 Å². The van der Waals surface area contributed by atoms with Gasteiger partial charge in [0.1, 0.15) is 17.9 Å². The van der Waals surface area contributed by atoms with Crippen molar-refractivity contribution in [2.45, 2.75) is 20.5 Å². The van der Waals surface area contributed by atoms with Gasteiger partial charge in [-0.3, -0.25) is 4.79 Å². The number of carbonyl (C=O) groups is 2. The summed E-state index contributed by atoms with van der Waals surface area (Å²) in [6.45, 7) is 3.76. The van der Waals surface area contributed by atoms with Crippen molar-refractivity contribution in [2.24, 2.45) is 0 Å². The fourth-order valence-electron chi connectivity index (χ4n) is 2.15. The van der Waals surface area contributed by atoms with Crippen LogP contribution in [0.1, 0.15) is 23.6 Å². The maximum Gasteiger partial charge on any atom is 0.341 e. The normalized spacial score (nSPS) is 11.0. The zero-order valence-corrected chi connectivity index (χ0v) is 14.0. The number of esters is 1. The lowest BCUT2D eigenvalue weighted by atomic mass is 10.1. The molecule has 0 aliphatic rings. The summed E-state index contributed by atoms with van der Waals surface area (Å²) in [7, 11) is 1.25. The monoisotopic (exact) mass is 324 g/mol. The highest BCUT2D eigenvalue weighted by Crippen LogP contribution is 2.23. The minimum Gasteiger partial charge on any atom is -0.488 e. The fourth-order valence-corrected chi connectivity index (χ4v) is 2.15. The van der Waals surface area contributed by atoms with E-state index in [0.717, 1.165) is 5.56 Å². The molecule has 4 heteroatoms. The summed E-state index contributed by atoms with van der Waals surface area (Å²) in [5.41, 5.74) is 2.87. The highest BCUT2D eigenvalue weighted by atomic mass is 16.5. The summed E-state index contributed by atoms with van der Waals surface area (Å²) >= 11 is 0. The van der Waals surface area contributed by atoms with Gasteiger partial charge < -0.3 is 9.47 Å². The van der Waals surface area contributed by atoms with Crippen LogP contribution in [-0.2, 0) is 20.9 Å². The number of hydrogen-bond acceptors (Lipinski definition) is 4. The highest BCUT2D eigenvalue weighted by Gasteiger charge is 2.15. The molecule has 0 unspecified atom stereocenters. The maximum atomic E-state index is 11.7. The molecule has 0 heterocycles. The number of methoxy groups -OCH3 is 1. The summed E-state index contributed by atoms with van der Waals surface area (Å²) in [5.74, 6) is -0.410. The van der Waals surface area contributed by atoms with Crippen LogP contribution < -0.4 is 4.74 Å². The number of para-hydroxylation sites is 1. The molecule has 4 nitrogen and oxygen atoms in total. The average molecular weight is 324 g/mol. The Hall–Kier alpha value is -2.88. The third-order valence-electron chi connectivity index (χ3n) is 3.52. The second-order valence-corrected chi connectivity index (χ2v) is 5.42. The number of Topliss-reactive ketones (excluding diaryl/α,β-unsaturated/α-hetero) is 1. The number of hydrogen-bond donors (Lipinski definition) is 0. The molecule has 2 aromatic carbocycles. The SMILES string of the molecule is COC(=O)C(=Cc1ccccc1OCc1ccc(C)cc1)C(C)=O. The van der Waals surface area contributed by atoms with Gasteiger partial charge in [-0.2, -0.15) is 0 Å². The molecule has 0 aromatic heterocycles. The first-order valence-corrected chi connectivity index (χ1v) is 7.59. The molecule has 0 N–H and O–H groups in total. The summed E-state index contributed by atoms with van der Waals surface area (Å²) in [4.78, 5) is 23.4. The van der Waals surface area contributed by atoms with E-state index in [1.54, 1.807) is 12.1 Å².